The lowest BCUT2D eigenvalue weighted by molar-refractivity contribution is 0.344. The monoisotopic (exact) mass is 358 g/mol. The summed E-state index contributed by atoms with van der Waals surface area (Å²) in [4.78, 5) is -0.426. The van der Waals surface area contributed by atoms with Crippen molar-refractivity contribution in [2.75, 3.05) is 6.54 Å². The van der Waals surface area contributed by atoms with Crippen LogP contribution in [0.15, 0.2) is 23.1 Å². The molecule has 1 rings (SSSR count). The Bertz CT molecular complexity index is 582. The minimum atomic E-state index is -3.99. The predicted molar refractivity (Wildman–Crippen MR) is 85.9 cm³/mol. The van der Waals surface area contributed by atoms with E-state index in [1.165, 1.54) is 6.07 Å². The number of rotatable bonds is 6. The first-order valence-corrected chi connectivity index (χ1v) is 8.15. The molecule has 1 aromatic carbocycles. The first-order valence-electron chi connectivity index (χ1n) is 6.29. The van der Waals surface area contributed by atoms with Gasteiger partial charge >= 0.3 is 0 Å². The smallest absolute Gasteiger partial charge is 0.244 e. The van der Waals surface area contributed by atoms with Crippen molar-refractivity contribution in [3.05, 3.63) is 29.0 Å². The van der Waals surface area contributed by atoms with Crippen LogP contribution in [0.4, 0.5) is 4.39 Å². The van der Waals surface area contributed by atoms with E-state index in [0.29, 0.717) is 6.42 Å². The van der Waals surface area contributed by atoms with Gasteiger partial charge in [0.25, 0.3) is 0 Å². The van der Waals surface area contributed by atoms with Crippen molar-refractivity contribution in [2.45, 2.75) is 37.6 Å². The third-order valence-electron chi connectivity index (χ3n) is 2.87. The zero-order valence-electron chi connectivity index (χ0n) is 12.2. The number of nitrogens with one attached hydrogen (secondary N) is 1. The van der Waals surface area contributed by atoms with Crippen molar-refractivity contribution in [3.63, 3.8) is 0 Å². The number of benzene rings is 1. The van der Waals surface area contributed by atoms with Gasteiger partial charge in [-0.3, -0.25) is 0 Å². The Morgan fingerprint density at radius 3 is 2.43 bits per heavy atom. The van der Waals surface area contributed by atoms with E-state index in [0.717, 1.165) is 12.1 Å². The highest BCUT2D eigenvalue weighted by Crippen LogP contribution is 2.23. The molecule has 0 saturated heterocycles. The van der Waals surface area contributed by atoms with Crippen LogP contribution in [0.1, 0.15) is 27.2 Å². The highest BCUT2D eigenvalue weighted by Gasteiger charge is 2.31. The number of nitrogens with two attached hydrogens (primary N) is 1. The van der Waals surface area contributed by atoms with E-state index in [2.05, 4.69) is 4.72 Å². The molecule has 122 valence electrons. The number of halogens is 3. The van der Waals surface area contributed by atoms with Crippen LogP contribution in [0.25, 0.3) is 0 Å². The summed E-state index contributed by atoms with van der Waals surface area (Å²) >= 11 is 5.62. The summed E-state index contributed by atoms with van der Waals surface area (Å²) in [5, 5.41) is 0.144. The normalized spacial score (nSPS) is 14.6. The van der Waals surface area contributed by atoms with Gasteiger partial charge in [-0.05, 0) is 37.5 Å². The summed E-state index contributed by atoms with van der Waals surface area (Å²) in [6.45, 7) is 5.76. The molecular formula is C13H21Cl2FN2O2S. The fraction of sp³-hybridized carbons (Fsp3) is 0.538. The second kappa shape index (κ2) is 7.74. The van der Waals surface area contributed by atoms with Crippen LogP contribution < -0.4 is 10.5 Å². The average molecular weight is 359 g/mol. The third-order valence-corrected chi connectivity index (χ3v) is 4.78. The van der Waals surface area contributed by atoms with Gasteiger partial charge in [0.1, 0.15) is 10.7 Å². The van der Waals surface area contributed by atoms with Gasteiger partial charge < -0.3 is 5.73 Å². The lowest BCUT2D eigenvalue weighted by Crippen LogP contribution is -2.52. The molecule has 0 aliphatic heterocycles. The topological polar surface area (TPSA) is 72.2 Å². The molecule has 0 heterocycles. The first kappa shape index (κ1) is 20.6. The second-order valence-electron chi connectivity index (χ2n) is 5.54. The molecule has 3 N–H and O–H groups in total. The molecule has 1 aromatic rings. The van der Waals surface area contributed by atoms with Gasteiger partial charge in [-0.15, -0.1) is 12.4 Å². The van der Waals surface area contributed by atoms with Gasteiger partial charge in [0.15, 0.2) is 0 Å². The number of sulfonamides is 1. The van der Waals surface area contributed by atoms with E-state index in [1.54, 1.807) is 6.92 Å². The molecule has 21 heavy (non-hydrogen) atoms. The molecule has 0 aliphatic carbocycles. The van der Waals surface area contributed by atoms with Gasteiger partial charge in [-0.1, -0.05) is 25.4 Å². The molecule has 0 aliphatic rings. The van der Waals surface area contributed by atoms with Crippen molar-refractivity contribution in [2.24, 2.45) is 11.7 Å². The van der Waals surface area contributed by atoms with Crippen LogP contribution in [0.3, 0.4) is 0 Å². The van der Waals surface area contributed by atoms with Crippen LogP contribution in [0, 0.1) is 11.7 Å². The van der Waals surface area contributed by atoms with E-state index in [-0.39, 0.29) is 29.9 Å². The van der Waals surface area contributed by atoms with Crippen molar-refractivity contribution in [1.82, 2.24) is 4.72 Å². The summed E-state index contributed by atoms with van der Waals surface area (Å²) in [7, 11) is -3.99. The van der Waals surface area contributed by atoms with Crippen LogP contribution in [-0.2, 0) is 10.0 Å². The lowest BCUT2D eigenvalue weighted by atomic mass is 9.92. The Balaban J connectivity index is 0.00000400. The molecule has 1 unspecified atom stereocenters. The summed E-state index contributed by atoms with van der Waals surface area (Å²) in [6, 6.07) is 3.45. The fourth-order valence-electron chi connectivity index (χ4n) is 2.14. The Morgan fingerprint density at radius 1 is 1.43 bits per heavy atom. The van der Waals surface area contributed by atoms with Crippen LogP contribution in [0.2, 0.25) is 5.02 Å². The molecule has 1 atom stereocenters. The molecule has 0 amide bonds. The van der Waals surface area contributed by atoms with Gasteiger partial charge in [-0.25, -0.2) is 17.5 Å². The molecule has 0 saturated carbocycles. The molecule has 8 heteroatoms. The van der Waals surface area contributed by atoms with Crippen LogP contribution >= 0.6 is 24.0 Å². The zero-order chi connectivity index (χ0) is 15.6. The average Bonchev–Trinajstić information content (AvgIpc) is 2.26. The second-order valence-corrected chi connectivity index (χ2v) is 7.63. The maximum absolute atomic E-state index is 13.8. The van der Waals surface area contributed by atoms with E-state index in [1.807, 2.05) is 13.8 Å². The Labute approximate surface area is 136 Å². The molecule has 0 spiro atoms. The summed E-state index contributed by atoms with van der Waals surface area (Å²) < 4.78 is 40.8. The molecule has 0 aromatic heterocycles. The van der Waals surface area contributed by atoms with Crippen molar-refractivity contribution in [3.8, 4) is 0 Å². The van der Waals surface area contributed by atoms with Gasteiger partial charge in [0.2, 0.25) is 10.0 Å². The summed E-state index contributed by atoms with van der Waals surface area (Å²) in [6.07, 6.45) is 0.554. The van der Waals surface area contributed by atoms with Crippen LogP contribution in [0.5, 0.6) is 0 Å². The summed E-state index contributed by atoms with van der Waals surface area (Å²) in [5.41, 5.74) is 4.84. The Hall–Kier alpha value is -0.400. The van der Waals surface area contributed by atoms with Gasteiger partial charge in [0, 0.05) is 17.1 Å². The van der Waals surface area contributed by atoms with E-state index < -0.39 is 26.3 Å². The Morgan fingerprint density at radius 2 is 2.00 bits per heavy atom. The standard InChI is InChI=1S/C13H20ClFN2O2S.ClH/c1-9(2)7-13(3,8-16)17-20(18,19)12-5-4-10(14)6-11(12)15;/h4-6,9,17H,7-8,16H2,1-3H3;1H. The molecule has 0 radical (unpaired) electrons. The first-order chi connectivity index (χ1) is 9.09. The quantitative estimate of drug-likeness (QED) is 0.820. The Kier molecular flexibility index (Phi) is 7.59. The van der Waals surface area contributed by atoms with Gasteiger partial charge in [-0.2, -0.15) is 0 Å². The maximum atomic E-state index is 13.8. The lowest BCUT2D eigenvalue weighted by Gasteiger charge is -2.30. The predicted octanol–water partition coefficient (Wildman–Crippen LogP) is 2.94. The molecular weight excluding hydrogens is 338 g/mol. The fourth-order valence-corrected chi connectivity index (χ4v) is 3.79. The van der Waals surface area contributed by atoms with Gasteiger partial charge in [0.05, 0.1) is 0 Å². The van der Waals surface area contributed by atoms with E-state index >= 15 is 0 Å². The molecule has 4 nitrogen and oxygen atoms in total. The van der Waals surface area contributed by atoms with Crippen molar-refractivity contribution in [1.29, 1.82) is 0 Å². The SMILES string of the molecule is CC(C)CC(C)(CN)NS(=O)(=O)c1ccc(Cl)cc1F.Cl. The highest BCUT2D eigenvalue weighted by molar-refractivity contribution is 7.89. The van der Waals surface area contributed by atoms with Crippen molar-refractivity contribution >= 4 is 34.0 Å². The number of hydrogen-bond acceptors (Lipinski definition) is 3. The van der Waals surface area contributed by atoms with Crippen LogP contribution in [-0.4, -0.2) is 20.5 Å². The highest BCUT2D eigenvalue weighted by atomic mass is 35.5. The largest absolute Gasteiger partial charge is 0.329 e. The maximum Gasteiger partial charge on any atom is 0.244 e. The van der Waals surface area contributed by atoms with E-state index in [9.17, 15) is 12.8 Å². The minimum Gasteiger partial charge on any atom is -0.329 e. The third kappa shape index (κ3) is 5.71. The molecule has 0 bridgehead atoms. The molecule has 0 fully saturated rings. The summed E-state index contributed by atoms with van der Waals surface area (Å²) in [5.74, 6) is -0.629. The van der Waals surface area contributed by atoms with Crippen molar-refractivity contribution < 1.29 is 12.8 Å². The van der Waals surface area contributed by atoms with E-state index in [4.69, 9.17) is 17.3 Å². The number of hydrogen-bond donors (Lipinski definition) is 2. The minimum absolute atomic E-state index is 0. The zero-order valence-corrected chi connectivity index (χ0v) is 14.6.